The lowest BCUT2D eigenvalue weighted by molar-refractivity contribution is 0.0499. The molecule has 0 saturated heterocycles. The molecule has 4 heteroatoms. The first-order chi connectivity index (χ1) is 10.5. The van der Waals surface area contributed by atoms with Crippen molar-refractivity contribution in [3.8, 4) is 0 Å². The number of nitrogens with one attached hydrogen (secondary N) is 1. The highest BCUT2D eigenvalue weighted by atomic mass is 16.3. The van der Waals surface area contributed by atoms with Crippen LogP contribution in [0.3, 0.4) is 0 Å². The molecule has 0 bridgehead atoms. The van der Waals surface area contributed by atoms with Crippen LogP contribution < -0.4 is 5.32 Å². The SMILES string of the molecule is CC(O)C(C)(CNC(=O)c1ccccn1)Cc1ccccc1. The third-order valence-electron chi connectivity index (χ3n) is 4.01. The van der Waals surface area contributed by atoms with Gasteiger partial charge in [-0.2, -0.15) is 0 Å². The van der Waals surface area contributed by atoms with Crippen molar-refractivity contribution in [3.05, 3.63) is 66.0 Å². The molecule has 4 nitrogen and oxygen atoms in total. The van der Waals surface area contributed by atoms with E-state index in [1.54, 1.807) is 31.3 Å². The van der Waals surface area contributed by atoms with Crippen molar-refractivity contribution in [1.82, 2.24) is 10.3 Å². The van der Waals surface area contributed by atoms with Gasteiger partial charge in [0.15, 0.2) is 0 Å². The standard InChI is InChI=1S/C18H22N2O2/c1-14(21)18(2,12-15-8-4-3-5-9-15)13-20-17(22)16-10-6-7-11-19-16/h3-11,14,21H,12-13H2,1-2H3,(H,20,22). The largest absolute Gasteiger partial charge is 0.393 e. The highest BCUT2D eigenvalue weighted by molar-refractivity contribution is 5.92. The number of hydrogen-bond acceptors (Lipinski definition) is 3. The highest BCUT2D eigenvalue weighted by Crippen LogP contribution is 2.26. The van der Waals surface area contributed by atoms with E-state index in [1.165, 1.54) is 0 Å². The molecule has 2 aromatic rings. The lowest BCUT2D eigenvalue weighted by atomic mass is 9.79. The van der Waals surface area contributed by atoms with Crippen LogP contribution in [0.5, 0.6) is 0 Å². The topological polar surface area (TPSA) is 62.2 Å². The van der Waals surface area contributed by atoms with Crippen molar-refractivity contribution in [3.63, 3.8) is 0 Å². The van der Waals surface area contributed by atoms with Crippen LogP contribution in [-0.4, -0.2) is 28.6 Å². The van der Waals surface area contributed by atoms with Gasteiger partial charge in [0.1, 0.15) is 5.69 Å². The van der Waals surface area contributed by atoms with E-state index in [0.717, 1.165) is 5.56 Å². The van der Waals surface area contributed by atoms with Gasteiger partial charge in [0.25, 0.3) is 5.91 Å². The smallest absolute Gasteiger partial charge is 0.269 e. The maximum absolute atomic E-state index is 12.1. The van der Waals surface area contributed by atoms with E-state index in [4.69, 9.17) is 0 Å². The van der Waals surface area contributed by atoms with E-state index >= 15 is 0 Å². The number of benzene rings is 1. The molecule has 1 heterocycles. The summed E-state index contributed by atoms with van der Waals surface area (Å²) in [5.74, 6) is -0.222. The number of amides is 1. The summed E-state index contributed by atoms with van der Waals surface area (Å²) in [5.41, 5.74) is 1.08. The fourth-order valence-corrected chi connectivity index (χ4v) is 2.29. The highest BCUT2D eigenvalue weighted by Gasteiger charge is 2.31. The molecule has 116 valence electrons. The van der Waals surface area contributed by atoms with Gasteiger partial charge in [0.05, 0.1) is 6.10 Å². The second-order valence-corrected chi connectivity index (χ2v) is 5.89. The second-order valence-electron chi connectivity index (χ2n) is 5.89. The van der Waals surface area contributed by atoms with Gasteiger partial charge in [-0.15, -0.1) is 0 Å². The molecule has 1 aromatic heterocycles. The molecule has 2 atom stereocenters. The number of aliphatic hydroxyl groups is 1. The van der Waals surface area contributed by atoms with Crippen LogP contribution >= 0.6 is 0 Å². The molecule has 0 saturated carbocycles. The van der Waals surface area contributed by atoms with Crippen LogP contribution in [0.1, 0.15) is 29.9 Å². The summed E-state index contributed by atoms with van der Waals surface area (Å²) < 4.78 is 0. The van der Waals surface area contributed by atoms with Gasteiger partial charge in [-0.3, -0.25) is 9.78 Å². The predicted octanol–water partition coefficient (Wildman–Crippen LogP) is 2.44. The van der Waals surface area contributed by atoms with Crippen molar-refractivity contribution in [2.45, 2.75) is 26.4 Å². The minimum Gasteiger partial charge on any atom is -0.393 e. The van der Waals surface area contributed by atoms with Gasteiger partial charge in [0.2, 0.25) is 0 Å². The Hall–Kier alpha value is -2.20. The van der Waals surface area contributed by atoms with E-state index in [9.17, 15) is 9.90 Å². The number of carbonyl (C=O) groups excluding carboxylic acids is 1. The average molecular weight is 298 g/mol. The molecule has 0 aliphatic heterocycles. The molecule has 1 aromatic carbocycles. The van der Waals surface area contributed by atoms with E-state index in [0.29, 0.717) is 18.7 Å². The summed E-state index contributed by atoms with van der Waals surface area (Å²) in [6, 6.07) is 15.2. The molecule has 0 spiro atoms. The van der Waals surface area contributed by atoms with Crippen LogP contribution in [-0.2, 0) is 6.42 Å². The number of aromatic nitrogens is 1. The molecule has 1 amide bonds. The monoisotopic (exact) mass is 298 g/mol. The van der Waals surface area contributed by atoms with E-state index in [-0.39, 0.29) is 5.91 Å². The molecule has 0 aliphatic carbocycles. The van der Waals surface area contributed by atoms with Crippen molar-refractivity contribution < 1.29 is 9.90 Å². The lowest BCUT2D eigenvalue weighted by Gasteiger charge is -2.33. The number of rotatable bonds is 6. The zero-order valence-electron chi connectivity index (χ0n) is 13.0. The first-order valence-electron chi connectivity index (χ1n) is 7.42. The average Bonchev–Trinajstić information content (AvgIpc) is 2.54. The Morgan fingerprint density at radius 3 is 2.50 bits per heavy atom. The predicted molar refractivity (Wildman–Crippen MR) is 86.5 cm³/mol. The minimum atomic E-state index is -0.545. The first-order valence-corrected chi connectivity index (χ1v) is 7.42. The number of pyridine rings is 1. The Morgan fingerprint density at radius 2 is 1.91 bits per heavy atom. The molecule has 0 radical (unpaired) electrons. The molecule has 0 fully saturated rings. The summed E-state index contributed by atoms with van der Waals surface area (Å²) >= 11 is 0. The summed E-state index contributed by atoms with van der Waals surface area (Å²) in [6.07, 6.45) is 1.73. The van der Waals surface area contributed by atoms with E-state index in [1.807, 2.05) is 37.3 Å². The van der Waals surface area contributed by atoms with Gasteiger partial charge in [-0.1, -0.05) is 43.3 Å². The summed E-state index contributed by atoms with van der Waals surface area (Å²) in [6.45, 7) is 4.12. The van der Waals surface area contributed by atoms with Crippen molar-refractivity contribution in [1.29, 1.82) is 0 Å². The zero-order chi connectivity index (χ0) is 16.0. The van der Waals surface area contributed by atoms with Crippen molar-refractivity contribution in [2.75, 3.05) is 6.54 Å². The van der Waals surface area contributed by atoms with Gasteiger partial charge >= 0.3 is 0 Å². The molecule has 2 rings (SSSR count). The van der Waals surface area contributed by atoms with Crippen molar-refractivity contribution >= 4 is 5.91 Å². The molecular weight excluding hydrogens is 276 g/mol. The Morgan fingerprint density at radius 1 is 1.23 bits per heavy atom. The molecule has 0 aliphatic rings. The Bertz CT molecular complexity index is 599. The fourth-order valence-electron chi connectivity index (χ4n) is 2.29. The summed E-state index contributed by atoms with van der Waals surface area (Å²) in [7, 11) is 0. The second kappa shape index (κ2) is 7.18. The fraction of sp³-hybridized carbons (Fsp3) is 0.333. The maximum atomic E-state index is 12.1. The Kier molecular flexibility index (Phi) is 5.28. The molecule has 22 heavy (non-hydrogen) atoms. The van der Waals surface area contributed by atoms with E-state index in [2.05, 4.69) is 10.3 Å². The summed E-state index contributed by atoms with van der Waals surface area (Å²) in [5, 5.41) is 13.0. The quantitative estimate of drug-likeness (QED) is 0.861. The van der Waals surface area contributed by atoms with Gasteiger partial charge < -0.3 is 10.4 Å². The minimum absolute atomic E-state index is 0.222. The molecule has 2 N–H and O–H groups in total. The van der Waals surface area contributed by atoms with Crippen molar-refractivity contribution in [2.24, 2.45) is 5.41 Å². The van der Waals surface area contributed by atoms with Crippen LogP contribution in [0.2, 0.25) is 0 Å². The van der Waals surface area contributed by atoms with Gasteiger partial charge in [0, 0.05) is 18.2 Å². The third-order valence-corrected chi connectivity index (χ3v) is 4.01. The molecular formula is C18H22N2O2. The number of aliphatic hydroxyl groups excluding tert-OH is 1. The third kappa shape index (κ3) is 4.15. The number of carbonyl (C=O) groups is 1. The number of hydrogen-bond donors (Lipinski definition) is 2. The molecule has 2 unspecified atom stereocenters. The number of nitrogens with zero attached hydrogens (tertiary/aromatic N) is 1. The van der Waals surface area contributed by atoms with Gasteiger partial charge in [-0.05, 0) is 31.0 Å². The Labute approximate surface area is 131 Å². The van der Waals surface area contributed by atoms with Crippen LogP contribution in [0.15, 0.2) is 54.7 Å². The maximum Gasteiger partial charge on any atom is 0.269 e. The van der Waals surface area contributed by atoms with Crippen LogP contribution in [0.25, 0.3) is 0 Å². The van der Waals surface area contributed by atoms with Crippen LogP contribution in [0, 0.1) is 5.41 Å². The Balaban J connectivity index is 2.04. The van der Waals surface area contributed by atoms with E-state index < -0.39 is 11.5 Å². The lowest BCUT2D eigenvalue weighted by Crippen LogP contribution is -2.44. The van der Waals surface area contributed by atoms with Gasteiger partial charge in [-0.25, -0.2) is 0 Å². The summed E-state index contributed by atoms with van der Waals surface area (Å²) in [4.78, 5) is 16.1. The zero-order valence-corrected chi connectivity index (χ0v) is 13.0. The first kappa shape index (κ1) is 16.2. The van der Waals surface area contributed by atoms with Crippen LogP contribution in [0.4, 0.5) is 0 Å². The normalized spacial score (nSPS) is 14.9.